The Morgan fingerprint density at radius 1 is 0.906 bits per heavy atom. The summed E-state index contributed by atoms with van der Waals surface area (Å²) in [7, 11) is 0. The SMILES string of the molecule is Fc1ccc([C@H]2Oc3ccc(Cl)cc3C3=C2[C@@H](c2ccc(F)cc2)n2ncnc2N3)cc1. The first-order chi connectivity index (χ1) is 15.6. The summed E-state index contributed by atoms with van der Waals surface area (Å²) >= 11 is 6.31. The maximum Gasteiger partial charge on any atom is 0.226 e. The van der Waals surface area contributed by atoms with Crippen molar-refractivity contribution in [1.82, 2.24) is 14.8 Å². The average molecular weight is 449 g/mol. The van der Waals surface area contributed by atoms with Crippen LogP contribution in [0.3, 0.4) is 0 Å². The third-order valence-electron chi connectivity index (χ3n) is 5.73. The number of hydrogen-bond donors (Lipinski definition) is 1. The molecule has 4 aromatic rings. The van der Waals surface area contributed by atoms with E-state index in [-0.39, 0.29) is 11.6 Å². The van der Waals surface area contributed by atoms with Gasteiger partial charge in [0.25, 0.3) is 0 Å². The van der Waals surface area contributed by atoms with Crippen LogP contribution in [-0.2, 0) is 0 Å². The lowest BCUT2D eigenvalue weighted by Crippen LogP contribution is -2.32. The summed E-state index contributed by atoms with van der Waals surface area (Å²) in [5.41, 5.74) is 4.01. The lowest BCUT2D eigenvalue weighted by Gasteiger charge is -2.39. The van der Waals surface area contributed by atoms with Crippen molar-refractivity contribution in [2.24, 2.45) is 0 Å². The van der Waals surface area contributed by atoms with Crippen LogP contribution in [0.5, 0.6) is 5.75 Å². The fourth-order valence-corrected chi connectivity index (χ4v) is 4.49. The molecular weight excluding hydrogens is 434 g/mol. The van der Waals surface area contributed by atoms with Crippen molar-refractivity contribution in [1.29, 1.82) is 0 Å². The second-order valence-electron chi connectivity index (χ2n) is 7.63. The van der Waals surface area contributed by atoms with Crippen LogP contribution in [-0.4, -0.2) is 14.8 Å². The van der Waals surface area contributed by atoms with Crippen LogP contribution in [0.15, 0.2) is 78.6 Å². The predicted octanol–water partition coefficient (Wildman–Crippen LogP) is 5.77. The van der Waals surface area contributed by atoms with E-state index >= 15 is 0 Å². The van der Waals surface area contributed by atoms with Gasteiger partial charge in [0.2, 0.25) is 5.95 Å². The molecule has 0 saturated carbocycles. The lowest BCUT2D eigenvalue weighted by atomic mass is 9.84. The number of nitrogens with zero attached hydrogens (tertiary/aromatic N) is 3. The van der Waals surface area contributed by atoms with Gasteiger partial charge in [-0.25, -0.2) is 13.5 Å². The highest BCUT2D eigenvalue weighted by atomic mass is 35.5. The van der Waals surface area contributed by atoms with Gasteiger partial charge in [0.05, 0.1) is 5.70 Å². The lowest BCUT2D eigenvalue weighted by molar-refractivity contribution is 0.223. The fraction of sp³-hybridized carbons (Fsp3) is 0.0833. The van der Waals surface area contributed by atoms with Crippen LogP contribution in [0, 0.1) is 11.6 Å². The first-order valence-corrected chi connectivity index (χ1v) is 10.3. The molecule has 2 atom stereocenters. The number of anilines is 1. The van der Waals surface area contributed by atoms with Gasteiger partial charge in [0, 0.05) is 16.2 Å². The minimum absolute atomic E-state index is 0.331. The van der Waals surface area contributed by atoms with Crippen LogP contribution in [0.25, 0.3) is 5.70 Å². The van der Waals surface area contributed by atoms with Gasteiger partial charge in [-0.05, 0) is 53.6 Å². The zero-order valence-corrected chi connectivity index (χ0v) is 17.2. The highest BCUT2D eigenvalue weighted by Crippen LogP contribution is 2.50. The molecule has 5 nitrogen and oxygen atoms in total. The molecule has 2 aliphatic rings. The van der Waals surface area contributed by atoms with Crippen molar-refractivity contribution < 1.29 is 13.5 Å². The summed E-state index contributed by atoms with van der Waals surface area (Å²) in [4.78, 5) is 4.35. The van der Waals surface area contributed by atoms with Gasteiger partial charge in [0.1, 0.15) is 35.9 Å². The summed E-state index contributed by atoms with van der Waals surface area (Å²) in [5, 5.41) is 8.35. The molecule has 0 amide bonds. The Morgan fingerprint density at radius 3 is 2.31 bits per heavy atom. The Kier molecular flexibility index (Phi) is 4.26. The summed E-state index contributed by atoms with van der Waals surface area (Å²) < 4.78 is 35.5. The fourth-order valence-electron chi connectivity index (χ4n) is 4.32. The maximum absolute atomic E-state index is 13.7. The Morgan fingerprint density at radius 2 is 1.59 bits per heavy atom. The van der Waals surface area contributed by atoms with E-state index in [2.05, 4.69) is 15.4 Å². The molecule has 8 heteroatoms. The Balaban J connectivity index is 1.63. The van der Waals surface area contributed by atoms with Gasteiger partial charge in [0.15, 0.2) is 0 Å². The van der Waals surface area contributed by atoms with E-state index in [1.165, 1.54) is 30.6 Å². The average Bonchev–Trinajstić information content (AvgIpc) is 3.27. The zero-order chi connectivity index (χ0) is 21.8. The summed E-state index contributed by atoms with van der Waals surface area (Å²) in [6, 6.07) is 17.4. The first-order valence-electron chi connectivity index (χ1n) is 9.96. The molecular formula is C24H15ClF2N4O. The molecule has 0 saturated heterocycles. The van der Waals surface area contributed by atoms with Crippen LogP contribution >= 0.6 is 11.6 Å². The Hall–Kier alpha value is -3.71. The maximum atomic E-state index is 13.7. The van der Waals surface area contributed by atoms with Crippen LogP contribution in [0.4, 0.5) is 14.7 Å². The molecule has 2 aliphatic heterocycles. The molecule has 6 rings (SSSR count). The molecule has 1 N–H and O–H groups in total. The molecule has 3 heterocycles. The second-order valence-corrected chi connectivity index (χ2v) is 8.06. The van der Waals surface area contributed by atoms with Gasteiger partial charge in [-0.15, -0.1) is 0 Å². The van der Waals surface area contributed by atoms with Crippen LogP contribution in [0.1, 0.15) is 28.8 Å². The molecule has 32 heavy (non-hydrogen) atoms. The van der Waals surface area contributed by atoms with Gasteiger partial charge in [-0.1, -0.05) is 35.9 Å². The first kappa shape index (κ1) is 19.0. The molecule has 158 valence electrons. The largest absolute Gasteiger partial charge is 0.480 e. The van der Waals surface area contributed by atoms with Crippen molar-refractivity contribution in [3.63, 3.8) is 0 Å². The van der Waals surface area contributed by atoms with Crippen LogP contribution < -0.4 is 10.1 Å². The minimum Gasteiger partial charge on any atom is -0.480 e. The highest BCUT2D eigenvalue weighted by molar-refractivity contribution is 6.30. The number of ether oxygens (including phenoxy) is 1. The third-order valence-corrected chi connectivity index (χ3v) is 5.97. The Bertz CT molecular complexity index is 1370. The van der Waals surface area contributed by atoms with E-state index < -0.39 is 12.1 Å². The zero-order valence-electron chi connectivity index (χ0n) is 16.5. The molecule has 0 radical (unpaired) electrons. The van der Waals surface area contributed by atoms with Crippen molar-refractivity contribution in [3.05, 3.63) is 112 Å². The molecule has 0 bridgehead atoms. The number of nitrogens with one attached hydrogen (secondary N) is 1. The van der Waals surface area contributed by atoms with E-state index in [0.717, 1.165) is 28.0 Å². The standard InChI is InChI=1S/C24H15ClF2N4O/c25-15-5-10-19-18(11-15)21-20(23(32-19)14-3-8-17(27)9-4-14)22(13-1-6-16(26)7-2-13)31-24(30-21)28-12-29-31/h1-12,22-23H,(H,28,29,30)/t22-,23-/m1/s1. The van der Waals surface area contributed by atoms with E-state index in [0.29, 0.717) is 16.7 Å². The number of benzene rings is 3. The highest BCUT2D eigenvalue weighted by Gasteiger charge is 2.41. The van der Waals surface area contributed by atoms with E-state index in [1.807, 2.05) is 12.1 Å². The summed E-state index contributed by atoms with van der Waals surface area (Å²) in [6.07, 6.45) is 0.920. The molecule has 0 aliphatic carbocycles. The smallest absolute Gasteiger partial charge is 0.226 e. The molecule has 0 fully saturated rings. The van der Waals surface area contributed by atoms with E-state index in [9.17, 15) is 8.78 Å². The van der Waals surface area contributed by atoms with Crippen molar-refractivity contribution >= 4 is 23.2 Å². The van der Waals surface area contributed by atoms with Crippen LogP contribution in [0.2, 0.25) is 5.02 Å². The predicted molar refractivity (Wildman–Crippen MR) is 116 cm³/mol. The molecule has 3 aromatic carbocycles. The molecule has 0 unspecified atom stereocenters. The number of aromatic nitrogens is 3. The van der Waals surface area contributed by atoms with Gasteiger partial charge >= 0.3 is 0 Å². The number of halogens is 3. The quantitative estimate of drug-likeness (QED) is 0.423. The van der Waals surface area contributed by atoms with E-state index in [1.54, 1.807) is 35.0 Å². The van der Waals surface area contributed by atoms with Crippen molar-refractivity contribution in [2.45, 2.75) is 12.1 Å². The summed E-state index contributed by atoms with van der Waals surface area (Å²) in [5.74, 6) is 0.522. The summed E-state index contributed by atoms with van der Waals surface area (Å²) in [6.45, 7) is 0. The van der Waals surface area contributed by atoms with Gasteiger partial charge in [-0.2, -0.15) is 10.1 Å². The van der Waals surface area contributed by atoms with Gasteiger partial charge < -0.3 is 10.1 Å². The van der Waals surface area contributed by atoms with Crippen molar-refractivity contribution in [3.8, 4) is 5.75 Å². The normalized spacial score (nSPS) is 18.8. The van der Waals surface area contributed by atoms with E-state index in [4.69, 9.17) is 16.3 Å². The monoisotopic (exact) mass is 448 g/mol. The van der Waals surface area contributed by atoms with Gasteiger partial charge in [-0.3, -0.25) is 0 Å². The topological polar surface area (TPSA) is 52.0 Å². The van der Waals surface area contributed by atoms with Crippen molar-refractivity contribution in [2.75, 3.05) is 5.32 Å². The second kappa shape index (κ2) is 7.17. The molecule has 1 aromatic heterocycles. The third kappa shape index (κ3) is 2.97. The number of rotatable bonds is 2. The minimum atomic E-state index is -0.542. The number of fused-ring (bicyclic) bond motifs is 3. The Labute approximate surface area is 186 Å². The number of hydrogen-bond acceptors (Lipinski definition) is 4. The molecule has 0 spiro atoms.